The summed E-state index contributed by atoms with van der Waals surface area (Å²) in [5, 5.41) is 7.22. The van der Waals surface area contributed by atoms with Gasteiger partial charge in [-0.25, -0.2) is 0 Å². The third-order valence-corrected chi connectivity index (χ3v) is 5.40. The van der Waals surface area contributed by atoms with Crippen LogP contribution in [0.2, 0.25) is 0 Å². The second-order valence-corrected chi connectivity index (χ2v) is 7.50. The Labute approximate surface area is 161 Å². The molecule has 27 heavy (non-hydrogen) atoms. The normalized spacial score (nSPS) is 12.8. The summed E-state index contributed by atoms with van der Waals surface area (Å²) < 4.78 is 13.1. The van der Waals surface area contributed by atoms with Crippen LogP contribution in [-0.4, -0.2) is 35.4 Å². The average molecular weight is 383 g/mol. The van der Waals surface area contributed by atoms with Crippen molar-refractivity contribution in [3.05, 3.63) is 53.2 Å². The third kappa shape index (κ3) is 4.14. The van der Waals surface area contributed by atoms with E-state index in [0.717, 1.165) is 40.5 Å². The lowest BCUT2D eigenvalue weighted by Crippen LogP contribution is -2.24. The third-order valence-electron chi connectivity index (χ3n) is 4.27. The maximum Gasteiger partial charge on any atom is 0.261 e. The van der Waals surface area contributed by atoms with Crippen LogP contribution < -0.4 is 14.8 Å². The van der Waals surface area contributed by atoms with Crippen molar-refractivity contribution in [1.29, 1.82) is 0 Å². The highest BCUT2D eigenvalue weighted by atomic mass is 32.1. The van der Waals surface area contributed by atoms with Crippen LogP contribution in [0.5, 0.6) is 11.5 Å². The number of carbonyl (C=O) groups is 1. The quantitative estimate of drug-likeness (QED) is 0.662. The molecular weight excluding hydrogens is 362 g/mol. The summed E-state index contributed by atoms with van der Waals surface area (Å²) in [6.45, 7) is 4.57. The fraction of sp³-hybridized carbons (Fsp3) is 0.300. The summed E-state index contributed by atoms with van der Waals surface area (Å²) >= 11 is 1.48. The number of nitrogens with one attached hydrogen (secondary N) is 1. The molecule has 1 aliphatic heterocycles. The van der Waals surface area contributed by atoms with Crippen molar-refractivity contribution in [2.75, 3.05) is 19.8 Å². The molecule has 4 rings (SSSR count). The first kappa shape index (κ1) is 17.6. The Morgan fingerprint density at radius 2 is 2.07 bits per heavy atom. The fourth-order valence-corrected chi connectivity index (χ4v) is 3.85. The van der Waals surface area contributed by atoms with Gasteiger partial charge in [-0.15, -0.1) is 11.3 Å². The van der Waals surface area contributed by atoms with E-state index in [4.69, 9.17) is 9.47 Å². The van der Waals surface area contributed by atoms with Crippen molar-refractivity contribution in [2.24, 2.45) is 0 Å². The smallest absolute Gasteiger partial charge is 0.261 e. The van der Waals surface area contributed by atoms with Gasteiger partial charge >= 0.3 is 0 Å². The van der Waals surface area contributed by atoms with Crippen molar-refractivity contribution < 1.29 is 14.3 Å². The largest absolute Gasteiger partial charge is 0.486 e. The van der Waals surface area contributed by atoms with Gasteiger partial charge in [0.2, 0.25) is 0 Å². The summed E-state index contributed by atoms with van der Waals surface area (Å²) in [5.41, 5.74) is 2.17. The molecule has 0 aliphatic carbocycles. The number of carbonyl (C=O) groups excluding carboxylic acids is 1. The highest BCUT2D eigenvalue weighted by molar-refractivity contribution is 7.17. The number of aryl methyl sites for hydroxylation is 2. The van der Waals surface area contributed by atoms with Crippen LogP contribution in [0.15, 0.2) is 42.7 Å². The number of rotatable bonds is 6. The van der Waals surface area contributed by atoms with Gasteiger partial charge in [-0.05, 0) is 54.8 Å². The Balaban J connectivity index is 1.33. The molecule has 140 valence electrons. The van der Waals surface area contributed by atoms with E-state index in [0.29, 0.717) is 24.6 Å². The minimum atomic E-state index is -0.0413. The highest BCUT2D eigenvalue weighted by Crippen LogP contribution is 2.36. The van der Waals surface area contributed by atoms with E-state index in [1.165, 1.54) is 11.3 Å². The summed E-state index contributed by atoms with van der Waals surface area (Å²) in [6, 6.07) is 9.71. The van der Waals surface area contributed by atoms with Gasteiger partial charge < -0.3 is 14.8 Å². The monoisotopic (exact) mass is 383 g/mol. The van der Waals surface area contributed by atoms with Gasteiger partial charge in [0.25, 0.3) is 5.91 Å². The molecule has 0 radical (unpaired) electrons. The Kier molecular flexibility index (Phi) is 5.11. The van der Waals surface area contributed by atoms with Crippen LogP contribution in [0, 0.1) is 6.92 Å². The van der Waals surface area contributed by atoms with Gasteiger partial charge in [0, 0.05) is 24.2 Å². The van der Waals surface area contributed by atoms with Crippen LogP contribution in [0.4, 0.5) is 0 Å². The number of nitrogens with zero attached hydrogens (tertiary/aromatic N) is 2. The van der Waals surface area contributed by atoms with Crippen molar-refractivity contribution in [2.45, 2.75) is 19.9 Å². The molecule has 1 N–H and O–H groups in total. The highest BCUT2D eigenvalue weighted by Gasteiger charge is 2.15. The summed E-state index contributed by atoms with van der Waals surface area (Å²) in [7, 11) is 0. The summed E-state index contributed by atoms with van der Waals surface area (Å²) in [6.07, 6.45) is 4.68. The Bertz CT molecular complexity index is 948. The number of thiophene rings is 1. The second kappa shape index (κ2) is 7.84. The molecule has 0 fully saturated rings. The molecule has 0 unspecified atom stereocenters. The molecule has 0 saturated carbocycles. The van der Waals surface area contributed by atoms with Gasteiger partial charge in [-0.2, -0.15) is 5.10 Å². The van der Waals surface area contributed by atoms with Crippen LogP contribution in [-0.2, 0) is 6.54 Å². The predicted molar refractivity (Wildman–Crippen MR) is 105 cm³/mol. The van der Waals surface area contributed by atoms with E-state index >= 15 is 0 Å². The molecule has 1 amide bonds. The summed E-state index contributed by atoms with van der Waals surface area (Å²) in [4.78, 5) is 14.1. The van der Waals surface area contributed by atoms with Crippen molar-refractivity contribution in [1.82, 2.24) is 15.1 Å². The molecule has 1 aromatic carbocycles. The number of amides is 1. The maximum absolute atomic E-state index is 12.4. The molecule has 0 atom stereocenters. The first-order valence-corrected chi connectivity index (χ1v) is 9.78. The average Bonchev–Trinajstić information content (AvgIpc) is 3.34. The van der Waals surface area contributed by atoms with E-state index < -0.39 is 0 Å². The van der Waals surface area contributed by atoms with Gasteiger partial charge in [-0.3, -0.25) is 9.48 Å². The molecule has 7 heteroatoms. The molecule has 0 saturated heterocycles. The molecule has 6 nitrogen and oxygen atoms in total. The molecule has 0 bridgehead atoms. The number of benzene rings is 1. The van der Waals surface area contributed by atoms with Gasteiger partial charge in [0.05, 0.1) is 11.1 Å². The molecule has 1 aliphatic rings. The number of ether oxygens (including phenoxy) is 2. The summed E-state index contributed by atoms with van der Waals surface area (Å²) in [5.74, 6) is 1.49. The Morgan fingerprint density at radius 1 is 1.22 bits per heavy atom. The SMILES string of the molecule is Cc1cnn(CCCNC(=O)c2ccc(-c3ccc4c(c3)OCCO4)s2)c1. The Morgan fingerprint density at radius 3 is 2.89 bits per heavy atom. The zero-order chi connectivity index (χ0) is 18.6. The lowest BCUT2D eigenvalue weighted by molar-refractivity contribution is 0.0956. The number of hydrogen-bond acceptors (Lipinski definition) is 5. The molecule has 0 spiro atoms. The van der Waals surface area contributed by atoms with Crippen molar-refractivity contribution in [3.8, 4) is 21.9 Å². The van der Waals surface area contributed by atoms with Gasteiger partial charge in [0.15, 0.2) is 11.5 Å². The van der Waals surface area contributed by atoms with Crippen LogP contribution in [0.1, 0.15) is 21.7 Å². The first-order valence-electron chi connectivity index (χ1n) is 8.96. The van der Waals surface area contributed by atoms with E-state index in [1.54, 1.807) is 0 Å². The topological polar surface area (TPSA) is 65.4 Å². The lowest BCUT2D eigenvalue weighted by Gasteiger charge is -2.18. The lowest BCUT2D eigenvalue weighted by atomic mass is 10.1. The van der Waals surface area contributed by atoms with Crippen molar-refractivity contribution in [3.63, 3.8) is 0 Å². The fourth-order valence-electron chi connectivity index (χ4n) is 2.93. The van der Waals surface area contributed by atoms with Crippen LogP contribution >= 0.6 is 11.3 Å². The van der Waals surface area contributed by atoms with Gasteiger partial charge in [-0.1, -0.05) is 0 Å². The molecule has 3 aromatic rings. The van der Waals surface area contributed by atoms with Crippen LogP contribution in [0.3, 0.4) is 0 Å². The van der Waals surface area contributed by atoms with E-state index in [9.17, 15) is 4.79 Å². The van der Waals surface area contributed by atoms with E-state index in [-0.39, 0.29) is 5.91 Å². The molecule has 2 aromatic heterocycles. The predicted octanol–water partition coefficient (Wildman–Crippen LogP) is 3.51. The first-order chi connectivity index (χ1) is 13.2. The molecular formula is C20H21N3O3S. The number of aromatic nitrogens is 2. The minimum Gasteiger partial charge on any atom is -0.486 e. The maximum atomic E-state index is 12.4. The van der Waals surface area contributed by atoms with Crippen molar-refractivity contribution >= 4 is 17.2 Å². The second-order valence-electron chi connectivity index (χ2n) is 6.41. The minimum absolute atomic E-state index is 0.0413. The standard InChI is InChI=1S/C20H21N3O3S/c1-14-12-22-23(13-14)8-2-7-21-20(24)19-6-5-18(27-19)15-3-4-16-17(11-15)26-10-9-25-16/h3-6,11-13H,2,7-10H2,1H3,(H,21,24). The van der Waals surface area contributed by atoms with Crippen LogP contribution in [0.25, 0.3) is 10.4 Å². The molecule has 3 heterocycles. The number of fused-ring (bicyclic) bond motifs is 1. The zero-order valence-corrected chi connectivity index (χ0v) is 15.9. The van der Waals surface area contributed by atoms with E-state index in [2.05, 4.69) is 10.4 Å². The van der Waals surface area contributed by atoms with Gasteiger partial charge in [0.1, 0.15) is 13.2 Å². The Hall–Kier alpha value is -2.80. The number of hydrogen-bond donors (Lipinski definition) is 1. The van der Waals surface area contributed by atoms with E-state index in [1.807, 2.05) is 54.3 Å². The zero-order valence-electron chi connectivity index (χ0n) is 15.1.